The lowest BCUT2D eigenvalue weighted by Gasteiger charge is -2.43. The number of hydrogen-bond donors (Lipinski definition) is 0. The first kappa shape index (κ1) is 14.4. The maximum Gasteiger partial charge on any atom is 0.369 e. The van der Waals surface area contributed by atoms with Gasteiger partial charge < -0.3 is 3.90 Å². The molecule has 0 N–H and O–H groups in total. The van der Waals surface area contributed by atoms with Gasteiger partial charge in [-0.3, -0.25) is 0 Å². The van der Waals surface area contributed by atoms with E-state index in [0.717, 1.165) is 0 Å². The summed E-state index contributed by atoms with van der Waals surface area (Å²) in [6, 6.07) is 0. The number of hydrogen-bond acceptors (Lipinski definition) is 1. The molecule has 0 aromatic rings. The highest BCUT2D eigenvalue weighted by atomic mass is 28.5. The summed E-state index contributed by atoms with van der Waals surface area (Å²) in [5.41, 5.74) is 0. The molecule has 0 rings (SSSR count). The van der Waals surface area contributed by atoms with Crippen molar-refractivity contribution in [2.45, 2.75) is 45.1 Å². The predicted octanol–water partition coefficient (Wildman–Crippen LogP) is 2.56. The Hall–Kier alpha value is 0.401. The molecule has 0 spiro atoms. The Bertz CT molecular complexity index is 178. The predicted molar refractivity (Wildman–Crippen MR) is 63.1 cm³/mol. The smallest absolute Gasteiger partial charge is 0.366 e. The summed E-state index contributed by atoms with van der Waals surface area (Å²) >= 11 is 0. The van der Waals surface area contributed by atoms with Crippen molar-refractivity contribution in [1.29, 1.82) is 0 Å². The van der Waals surface area contributed by atoms with E-state index in [1.165, 1.54) is 0 Å². The van der Waals surface area contributed by atoms with Crippen molar-refractivity contribution in [1.82, 2.24) is 3.90 Å². The molecule has 0 heterocycles. The Kier molecular flexibility index (Phi) is 4.22. The molecule has 0 unspecified atom stereocenters. The molecule has 0 aromatic heterocycles. The molecule has 0 bridgehead atoms. The fraction of sp³-hybridized carbons (Fsp3) is 1.00. The van der Waals surface area contributed by atoms with E-state index in [1.54, 1.807) is 0 Å². The molecule has 86 valence electrons. The van der Waals surface area contributed by atoms with Crippen LogP contribution in [0.25, 0.3) is 0 Å². The third-order valence-corrected chi connectivity index (χ3v) is 16.5. The first-order valence-corrected chi connectivity index (χ1v) is 12.9. The van der Waals surface area contributed by atoms with Gasteiger partial charge in [-0.05, 0) is 0 Å². The summed E-state index contributed by atoms with van der Waals surface area (Å²) in [6.45, 7) is 12.0. The first-order chi connectivity index (χ1) is 5.84. The van der Waals surface area contributed by atoms with E-state index in [4.69, 9.17) is 0 Å². The Morgan fingerprint density at radius 3 is 1.21 bits per heavy atom. The molecule has 0 amide bonds. The van der Waals surface area contributed by atoms with Crippen LogP contribution in [-0.4, -0.2) is 35.8 Å². The van der Waals surface area contributed by atoms with E-state index in [9.17, 15) is 13.2 Å². The second-order valence-electron chi connectivity index (χ2n) is 5.54. The van der Waals surface area contributed by atoms with Crippen molar-refractivity contribution in [3.05, 3.63) is 0 Å². The number of halogens is 3. The average Bonchev–Trinajstić information content (AvgIpc) is 1.75. The second-order valence-corrected chi connectivity index (χ2v) is 18.8. The molecule has 1 nitrogen and oxygen atoms in total. The minimum absolute atomic E-state index is 1.80. The zero-order chi connectivity index (χ0) is 11.8. The molecule has 0 fully saturated rings. The summed E-state index contributed by atoms with van der Waals surface area (Å²) in [5, 5.41) is 0. The lowest BCUT2D eigenvalue weighted by molar-refractivity contribution is -0.0500. The van der Waals surface area contributed by atoms with Crippen molar-refractivity contribution >= 4 is 26.2 Å². The van der Waals surface area contributed by atoms with Gasteiger partial charge in [0.1, 0.15) is 16.5 Å². The van der Waals surface area contributed by atoms with E-state index >= 15 is 0 Å². The highest BCUT2D eigenvalue weighted by Gasteiger charge is 2.42. The standard InChI is InChI=1S/C7H20F3NSi3/c1-13(2,3)11(14(4,5)6)12-7(8,9)10/h12H2,1-6H3. The monoisotopic (exact) mass is 259 g/mol. The fourth-order valence-electron chi connectivity index (χ4n) is 1.66. The molecule has 0 saturated heterocycles. The maximum atomic E-state index is 12.4. The van der Waals surface area contributed by atoms with Crippen LogP contribution < -0.4 is 0 Å². The van der Waals surface area contributed by atoms with Crippen LogP contribution >= 0.6 is 0 Å². The van der Waals surface area contributed by atoms with Crippen molar-refractivity contribution in [3.63, 3.8) is 0 Å². The molecular weight excluding hydrogens is 239 g/mol. The van der Waals surface area contributed by atoms with Gasteiger partial charge in [-0.1, -0.05) is 39.3 Å². The molecule has 0 radical (unpaired) electrons. The van der Waals surface area contributed by atoms with Crippen molar-refractivity contribution < 1.29 is 13.2 Å². The molecule has 0 aliphatic carbocycles. The van der Waals surface area contributed by atoms with Crippen LogP contribution in [0.2, 0.25) is 39.3 Å². The quantitative estimate of drug-likeness (QED) is 0.704. The lowest BCUT2D eigenvalue weighted by Crippen LogP contribution is -2.63. The van der Waals surface area contributed by atoms with Crippen molar-refractivity contribution in [2.24, 2.45) is 0 Å². The molecule has 0 aliphatic heterocycles. The van der Waals surface area contributed by atoms with Crippen molar-refractivity contribution in [2.75, 3.05) is 0 Å². The highest BCUT2D eigenvalue weighted by molar-refractivity contribution is 6.96. The van der Waals surface area contributed by atoms with Gasteiger partial charge in [-0.15, -0.1) is 0 Å². The van der Waals surface area contributed by atoms with Crippen LogP contribution in [0.1, 0.15) is 0 Å². The van der Waals surface area contributed by atoms with Gasteiger partial charge in [-0.2, -0.15) is 13.2 Å². The summed E-state index contributed by atoms with van der Waals surface area (Å²) in [5.74, 6) is -3.93. The minimum Gasteiger partial charge on any atom is -0.366 e. The fourth-order valence-corrected chi connectivity index (χ4v) is 14.9. The highest BCUT2D eigenvalue weighted by Crippen LogP contribution is 2.24. The van der Waals surface area contributed by atoms with Gasteiger partial charge in [0.15, 0.2) is 0 Å². The van der Waals surface area contributed by atoms with E-state index in [-0.39, 0.29) is 0 Å². The third kappa shape index (κ3) is 5.32. The zero-order valence-electron chi connectivity index (χ0n) is 9.79. The summed E-state index contributed by atoms with van der Waals surface area (Å²) in [7, 11) is -5.68. The van der Waals surface area contributed by atoms with Crippen LogP contribution in [0.4, 0.5) is 13.2 Å². The largest absolute Gasteiger partial charge is 0.369 e. The Morgan fingerprint density at radius 1 is 0.857 bits per heavy atom. The Morgan fingerprint density at radius 2 is 1.14 bits per heavy atom. The third-order valence-electron chi connectivity index (χ3n) is 1.96. The lowest BCUT2D eigenvalue weighted by atomic mass is 11.5. The zero-order valence-corrected chi connectivity index (χ0v) is 13.2. The molecule has 0 aliphatic rings. The Labute approximate surface area is 88.8 Å². The SMILES string of the molecule is C[Si](C)(C)N([SiH2]C(F)(F)F)[Si](C)(C)C. The summed E-state index contributed by atoms with van der Waals surface area (Å²) in [4.78, 5) is 0. The topological polar surface area (TPSA) is 3.24 Å². The summed E-state index contributed by atoms with van der Waals surface area (Å²) < 4.78 is 39.2. The number of rotatable bonds is 3. The van der Waals surface area contributed by atoms with Gasteiger partial charge in [0.05, 0.1) is 0 Å². The van der Waals surface area contributed by atoms with Gasteiger partial charge >= 0.3 is 5.80 Å². The molecule has 14 heavy (non-hydrogen) atoms. The van der Waals surface area contributed by atoms with E-state index < -0.39 is 32.0 Å². The van der Waals surface area contributed by atoms with Crippen LogP contribution in [0.15, 0.2) is 0 Å². The average molecular weight is 259 g/mol. The molecular formula is C7H20F3NSi3. The second kappa shape index (κ2) is 4.11. The molecule has 0 atom stereocenters. The van der Waals surface area contributed by atoms with Crippen LogP contribution in [-0.2, 0) is 0 Å². The summed E-state index contributed by atoms with van der Waals surface area (Å²) in [6.07, 6.45) is 0. The van der Waals surface area contributed by atoms with Gasteiger partial charge in [0.25, 0.3) is 0 Å². The van der Waals surface area contributed by atoms with Crippen LogP contribution in [0.5, 0.6) is 0 Å². The first-order valence-electron chi connectivity index (χ1n) is 4.68. The van der Waals surface area contributed by atoms with E-state index in [0.29, 0.717) is 0 Å². The Balaban J connectivity index is 4.78. The van der Waals surface area contributed by atoms with Gasteiger partial charge in [0, 0.05) is 0 Å². The van der Waals surface area contributed by atoms with Crippen LogP contribution in [0, 0.1) is 0 Å². The van der Waals surface area contributed by atoms with E-state index in [2.05, 4.69) is 0 Å². The minimum atomic E-state index is -3.93. The number of nitrogens with zero attached hydrogens (tertiary/aromatic N) is 1. The molecule has 0 aromatic carbocycles. The molecule has 0 saturated carbocycles. The number of alkyl halides is 3. The van der Waals surface area contributed by atoms with Crippen molar-refractivity contribution in [3.8, 4) is 0 Å². The normalized spacial score (nSPS) is 15.9. The van der Waals surface area contributed by atoms with Gasteiger partial charge in [0.2, 0.25) is 9.68 Å². The maximum absolute atomic E-state index is 12.4. The van der Waals surface area contributed by atoms with Gasteiger partial charge in [-0.25, -0.2) is 0 Å². The molecule has 7 heteroatoms. The van der Waals surface area contributed by atoms with E-state index in [1.807, 2.05) is 43.2 Å². The van der Waals surface area contributed by atoms with Crippen LogP contribution in [0.3, 0.4) is 0 Å².